The Morgan fingerprint density at radius 1 is 1.14 bits per heavy atom. The number of carbonyl (C=O) groups is 1. The van der Waals surface area contributed by atoms with Crippen molar-refractivity contribution in [3.8, 4) is 0 Å². The molecular formula is C22H30N6O. The van der Waals surface area contributed by atoms with E-state index in [0.29, 0.717) is 12.5 Å². The number of aryl methyl sites for hydroxylation is 1. The predicted octanol–water partition coefficient (Wildman–Crippen LogP) is 3.12. The topological polar surface area (TPSA) is 74.2 Å². The molecule has 2 aromatic heterocycles. The maximum Gasteiger partial charge on any atom is 0.236 e. The number of aromatic nitrogens is 3. The summed E-state index contributed by atoms with van der Waals surface area (Å²) in [4.78, 5) is 30.2. The van der Waals surface area contributed by atoms with Crippen molar-refractivity contribution in [2.75, 3.05) is 38.0 Å². The van der Waals surface area contributed by atoms with E-state index >= 15 is 0 Å². The van der Waals surface area contributed by atoms with Crippen LogP contribution in [0.5, 0.6) is 0 Å². The van der Waals surface area contributed by atoms with E-state index in [-0.39, 0.29) is 5.91 Å². The van der Waals surface area contributed by atoms with Crippen molar-refractivity contribution < 1.29 is 4.79 Å². The van der Waals surface area contributed by atoms with Gasteiger partial charge in [-0.05, 0) is 57.7 Å². The van der Waals surface area contributed by atoms with Crippen molar-refractivity contribution in [1.29, 1.82) is 0 Å². The van der Waals surface area contributed by atoms with E-state index in [1.54, 1.807) is 18.6 Å². The second-order valence-electron chi connectivity index (χ2n) is 8.15. The Balaban J connectivity index is 1.41. The summed E-state index contributed by atoms with van der Waals surface area (Å²) in [5.74, 6) is 1.36. The molecule has 1 atom stereocenters. The summed E-state index contributed by atoms with van der Waals surface area (Å²) >= 11 is 0. The number of nitrogens with zero attached hydrogens (tertiary/aromatic N) is 5. The van der Waals surface area contributed by atoms with Crippen LogP contribution in [-0.4, -0.2) is 63.4 Å². The van der Waals surface area contributed by atoms with Gasteiger partial charge in [0.15, 0.2) is 0 Å². The van der Waals surface area contributed by atoms with E-state index in [0.717, 1.165) is 74.8 Å². The largest absolute Gasteiger partial charge is 0.342 e. The molecule has 0 saturated carbocycles. The number of rotatable bonds is 5. The molecule has 2 aromatic rings. The van der Waals surface area contributed by atoms with Crippen LogP contribution in [0.25, 0.3) is 0 Å². The maximum atomic E-state index is 12.7. The zero-order valence-electron chi connectivity index (χ0n) is 17.2. The van der Waals surface area contributed by atoms with Gasteiger partial charge in [0.1, 0.15) is 5.82 Å². The Morgan fingerprint density at radius 3 is 2.79 bits per heavy atom. The van der Waals surface area contributed by atoms with E-state index in [1.165, 1.54) is 6.42 Å². The number of hydrogen-bond donors (Lipinski definition) is 1. The highest BCUT2D eigenvalue weighted by molar-refractivity contribution is 5.78. The quantitative estimate of drug-likeness (QED) is 0.840. The zero-order valence-corrected chi connectivity index (χ0v) is 17.2. The average Bonchev–Trinajstić information content (AvgIpc) is 2.75. The van der Waals surface area contributed by atoms with Gasteiger partial charge in [-0.2, -0.15) is 0 Å². The number of likely N-dealkylation sites (tertiary alicyclic amines) is 2. The Hall–Kier alpha value is -2.54. The number of amides is 1. The molecule has 0 bridgehead atoms. The van der Waals surface area contributed by atoms with Crippen molar-refractivity contribution in [1.82, 2.24) is 24.8 Å². The molecule has 0 spiro atoms. The lowest BCUT2D eigenvalue weighted by Crippen LogP contribution is -2.45. The van der Waals surface area contributed by atoms with Gasteiger partial charge in [-0.3, -0.25) is 19.7 Å². The van der Waals surface area contributed by atoms with Crippen LogP contribution in [0.15, 0.2) is 30.7 Å². The van der Waals surface area contributed by atoms with Crippen LogP contribution >= 0.6 is 0 Å². The third-order valence-corrected chi connectivity index (χ3v) is 5.80. The molecular weight excluding hydrogens is 364 g/mol. The van der Waals surface area contributed by atoms with Gasteiger partial charge in [-0.1, -0.05) is 0 Å². The van der Waals surface area contributed by atoms with E-state index in [4.69, 9.17) is 4.98 Å². The lowest BCUT2D eigenvalue weighted by molar-refractivity contribution is -0.133. The molecule has 2 saturated heterocycles. The molecule has 0 radical (unpaired) electrons. The van der Waals surface area contributed by atoms with Crippen LogP contribution in [0.4, 0.5) is 11.5 Å². The number of hydrogen-bond acceptors (Lipinski definition) is 6. The van der Waals surface area contributed by atoms with Crippen molar-refractivity contribution in [3.05, 3.63) is 42.1 Å². The Kier molecular flexibility index (Phi) is 6.34. The standard InChI is InChI=1S/C22H30N6O/c1-17-12-19(26-21-14-23-7-8-24-21)13-20(25-17)18-6-5-9-27(15-18)16-22(29)28-10-3-2-4-11-28/h7-8,12-14,18H,2-6,9-11,15-16H2,1H3,(H,24,25,26)/t18-/m0/s1. The fourth-order valence-electron chi connectivity index (χ4n) is 4.36. The number of nitrogens with one attached hydrogen (secondary N) is 1. The number of pyridine rings is 1. The number of carbonyl (C=O) groups excluding carboxylic acids is 1. The van der Waals surface area contributed by atoms with Gasteiger partial charge in [0.05, 0.1) is 12.7 Å². The van der Waals surface area contributed by atoms with Crippen LogP contribution < -0.4 is 5.32 Å². The fraction of sp³-hybridized carbons (Fsp3) is 0.545. The molecule has 0 aromatic carbocycles. The van der Waals surface area contributed by atoms with Gasteiger partial charge in [0, 0.05) is 55.0 Å². The van der Waals surface area contributed by atoms with E-state index in [9.17, 15) is 4.79 Å². The molecule has 29 heavy (non-hydrogen) atoms. The first kappa shape index (κ1) is 19.8. The highest BCUT2D eigenvalue weighted by atomic mass is 16.2. The summed E-state index contributed by atoms with van der Waals surface area (Å²) in [6.07, 6.45) is 10.8. The van der Waals surface area contributed by atoms with Crippen LogP contribution in [0.3, 0.4) is 0 Å². The lowest BCUT2D eigenvalue weighted by atomic mass is 9.93. The zero-order chi connectivity index (χ0) is 20.1. The smallest absolute Gasteiger partial charge is 0.236 e. The van der Waals surface area contributed by atoms with E-state index in [1.807, 2.05) is 17.9 Å². The van der Waals surface area contributed by atoms with Crippen LogP contribution in [0, 0.1) is 6.92 Å². The van der Waals surface area contributed by atoms with Crippen LogP contribution in [0.1, 0.15) is 49.4 Å². The fourth-order valence-corrected chi connectivity index (χ4v) is 4.36. The summed E-state index contributed by atoms with van der Waals surface area (Å²) < 4.78 is 0. The molecule has 4 heterocycles. The van der Waals surface area contributed by atoms with E-state index < -0.39 is 0 Å². The monoisotopic (exact) mass is 394 g/mol. The van der Waals surface area contributed by atoms with Crippen molar-refractivity contribution in [3.63, 3.8) is 0 Å². The van der Waals surface area contributed by atoms with Gasteiger partial charge in [0.25, 0.3) is 0 Å². The molecule has 2 aliphatic rings. The van der Waals surface area contributed by atoms with Crippen LogP contribution in [0.2, 0.25) is 0 Å². The first-order valence-corrected chi connectivity index (χ1v) is 10.7. The minimum Gasteiger partial charge on any atom is -0.342 e. The van der Waals surface area contributed by atoms with Gasteiger partial charge < -0.3 is 10.2 Å². The second-order valence-corrected chi connectivity index (χ2v) is 8.15. The molecule has 2 aliphatic heterocycles. The van der Waals surface area contributed by atoms with Gasteiger partial charge in [-0.25, -0.2) is 4.98 Å². The first-order chi connectivity index (χ1) is 14.2. The van der Waals surface area contributed by atoms with Gasteiger partial charge >= 0.3 is 0 Å². The Bertz CT molecular complexity index is 821. The Labute approximate surface area is 172 Å². The van der Waals surface area contributed by atoms with Gasteiger partial charge in [-0.15, -0.1) is 0 Å². The molecule has 1 amide bonds. The second kappa shape index (κ2) is 9.31. The highest BCUT2D eigenvalue weighted by Gasteiger charge is 2.26. The lowest BCUT2D eigenvalue weighted by Gasteiger charge is -2.34. The molecule has 7 heteroatoms. The minimum atomic E-state index is 0.285. The first-order valence-electron chi connectivity index (χ1n) is 10.7. The minimum absolute atomic E-state index is 0.285. The molecule has 1 N–H and O–H groups in total. The van der Waals surface area contributed by atoms with Crippen molar-refractivity contribution >= 4 is 17.4 Å². The predicted molar refractivity (Wildman–Crippen MR) is 113 cm³/mol. The van der Waals surface area contributed by atoms with E-state index in [2.05, 4.69) is 26.3 Å². The molecule has 154 valence electrons. The van der Waals surface area contributed by atoms with Crippen molar-refractivity contribution in [2.24, 2.45) is 0 Å². The molecule has 2 fully saturated rings. The maximum absolute atomic E-state index is 12.7. The SMILES string of the molecule is Cc1cc(Nc2cnccn2)cc([C@H]2CCCN(CC(=O)N3CCCCC3)C2)n1. The summed E-state index contributed by atoms with van der Waals surface area (Å²) in [6, 6.07) is 4.14. The third-order valence-electron chi connectivity index (χ3n) is 5.80. The summed E-state index contributed by atoms with van der Waals surface area (Å²) in [5.41, 5.74) is 3.05. The molecule has 0 aliphatic carbocycles. The number of anilines is 2. The normalized spacial score (nSPS) is 20.4. The highest BCUT2D eigenvalue weighted by Crippen LogP contribution is 2.28. The molecule has 7 nitrogen and oxygen atoms in total. The van der Waals surface area contributed by atoms with Crippen LogP contribution in [-0.2, 0) is 4.79 Å². The summed E-state index contributed by atoms with van der Waals surface area (Å²) in [6.45, 7) is 6.28. The summed E-state index contributed by atoms with van der Waals surface area (Å²) in [7, 11) is 0. The van der Waals surface area contributed by atoms with Gasteiger partial charge in [0.2, 0.25) is 5.91 Å². The molecule has 4 rings (SSSR count). The third kappa shape index (κ3) is 5.29. The summed E-state index contributed by atoms with van der Waals surface area (Å²) in [5, 5.41) is 3.32. The Morgan fingerprint density at radius 2 is 2.00 bits per heavy atom. The molecule has 0 unspecified atom stereocenters. The van der Waals surface area contributed by atoms with Crippen molar-refractivity contribution in [2.45, 2.75) is 44.9 Å². The number of piperidine rings is 2. The average molecular weight is 395 g/mol.